The van der Waals surface area contributed by atoms with Gasteiger partial charge in [-0.3, -0.25) is 38.4 Å². The Morgan fingerprint density at radius 3 is 1.52 bits per heavy atom. The van der Waals surface area contributed by atoms with Gasteiger partial charge >= 0.3 is 0 Å². The normalized spacial score (nSPS) is 16.8. The van der Waals surface area contributed by atoms with Crippen LogP contribution in [0, 0.1) is 17.8 Å². The number of aliphatic hydroxyl groups excluding tert-OH is 2. The van der Waals surface area contributed by atoms with Crippen molar-refractivity contribution in [1.29, 1.82) is 0 Å². The number of aliphatic carboxylic acids is 2. The molecule has 0 aliphatic carbocycles. The maximum absolute atomic E-state index is 14.8. The summed E-state index contributed by atoms with van der Waals surface area (Å²) >= 11 is 0. The van der Waals surface area contributed by atoms with E-state index in [9.17, 15) is 68.4 Å². The third-order valence-electron chi connectivity index (χ3n) is 14.1. The van der Waals surface area contributed by atoms with Gasteiger partial charge in [-0.15, -0.1) is 0 Å². The molecule has 1 fully saturated rings. The van der Waals surface area contributed by atoms with Crippen LogP contribution >= 0.6 is 0 Å². The van der Waals surface area contributed by atoms with E-state index in [4.69, 9.17) is 0 Å². The number of fused-ring (bicyclic) bond motifs is 2. The predicted octanol–water partition coefficient (Wildman–Crippen LogP) is -3.56. The molecule has 1 saturated heterocycles. The van der Waals surface area contributed by atoms with Crippen molar-refractivity contribution in [2.75, 3.05) is 19.8 Å². The molecular weight excluding hydrogens is 1040 g/mol. The van der Waals surface area contributed by atoms with Crippen molar-refractivity contribution in [2.45, 2.75) is 147 Å². The number of amides is 8. The second kappa shape index (κ2) is 29.4. The van der Waals surface area contributed by atoms with Crippen LogP contribution in [0.1, 0.15) is 91.2 Å². The topological polar surface area (TPSA) is 404 Å². The quantitative estimate of drug-likeness (QED) is 0.0241. The zero-order valence-electron chi connectivity index (χ0n) is 45.9. The Morgan fingerprint density at radius 1 is 0.613 bits per heavy atom. The summed E-state index contributed by atoms with van der Waals surface area (Å²) in [7, 11) is 0. The Morgan fingerprint density at radius 2 is 1.05 bits per heavy atom. The molecular formula is C55H76N11O14-. The summed E-state index contributed by atoms with van der Waals surface area (Å²) in [4.78, 5) is 143. The molecule has 0 spiro atoms. The van der Waals surface area contributed by atoms with Crippen LogP contribution in [0.3, 0.4) is 0 Å². The number of hydrogen-bond donors (Lipinski definition) is 12. The molecule has 10 atom stereocenters. The summed E-state index contributed by atoms with van der Waals surface area (Å²) in [5.74, 6) is -11.6. The number of quaternary nitrogens is 1. The standard InChI is InChI=1S/C55H77N11O14/c1-7-30(6)46(55(79)80)65-51(75)41(22-32-25-58-37-16-11-9-14-34(32)37)61-49(73)40(21-31-24-57-36-15-10-8-13-33(31)36)60-47(71)38(19-28(2)3)59-52(76)43(27-68)64-50(74)42(23-45(69)70)62-48(72)39(20-29(4)5)63-53(77)44-17-12-18-66(44)54(78)35(56)26-67/h8-11,13-16,24-25,28-30,35,38-44,46,57-58,67-68H,7,12,17-23,26-27,56H2,1-6H3,(H,59,76)(H,60,71)(H,61,73)(H,62,72)(H,63,77)(H,64,74)(H,65,75)(H,69,70)(H,79,80)/p-1/t30-,35-,38-,39-,40-,41-,42-,43-,44-,46-/m0/s1. The lowest BCUT2D eigenvalue weighted by Crippen LogP contribution is -2.70. The number of nitrogens with one attached hydrogen (secondary N) is 9. The van der Waals surface area contributed by atoms with Gasteiger partial charge in [-0.1, -0.05) is 84.4 Å². The number of likely N-dealkylation sites (tertiary alicyclic amines) is 1. The fraction of sp³-hybridized carbons (Fsp3) is 0.527. The number of aliphatic hydroxyl groups is 2. The monoisotopic (exact) mass is 1110 g/mol. The minimum atomic E-state index is -1.93. The molecule has 3 heterocycles. The van der Waals surface area contributed by atoms with E-state index in [-0.39, 0.29) is 50.5 Å². The number of benzene rings is 2. The van der Waals surface area contributed by atoms with E-state index in [1.165, 1.54) is 4.90 Å². The molecule has 2 aromatic carbocycles. The number of hydrogen-bond acceptors (Lipinski definition) is 14. The minimum Gasteiger partial charge on any atom is -0.550 e. The fourth-order valence-corrected chi connectivity index (χ4v) is 9.60. The van der Waals surface area contributed by atoms with Gasteiger partial charge in [0.15, 0.2) is 6.04 Å². The number of carboxylic acids is 2. The highest BCUT2D eigenvalue weighted by atomic mass is 16.4. The average Bonchev–Trinajstić information content (AvgIpc) is 4.19. The number of aromatic amines is 2. The molecule has 14 N–H and O–H groups in total. The Hall–Kier alpha value is -7.90. The lowest BCUT2D eigenvalue weighted by molar-refractivity contribution is -0.411. The van der Waals surface area contributed by atoms with Crippen molar-refractivity contribution in [2.24, 2.45) is 17.8 Å². The zero-order chi connectivity index (χ0) is 59.0. The van der Waals surface area contributed by atoms with Crippen molar-refractivity contribution in [3.05, 3.63) is 72.1 Å². The second-order valence-corrected chi connectivity index (χ2v) is 21.3. The van der Waals surface area contributed by atoms with Gasteiger partial charge in [0, 0.05) is 66.0 Å². The van der Waals surface area contributed by atoms with Crippen molar-refractivity contribution in [1.82, 2.24) is 52.1 Å². The molecule has 25 nitrogen and oxygen atoms in total. The molecule has 4 aromatic rings. The van der Waals surface area contributed by atoms with E-state index < -0.39 is 139 Å². The minimum absolute atomic E-state index is 0.00219. The Bertz CT molecular complexity index is 2850. The van der Waals surface area contributed by atoms with Gasteiger partial charge in [0.25, 0.3) is 5.91 Å². The summed E-state index contributed by atoms with van der Waals surface area (Å²) in [6.07, 6.45) is 2.92. The van der Waals surface area contributed by atoms with E-state index in [1.54, 1.807) is 84.3 Å². The van der Waals surface area contributed by atoms with E-state index in [1.807, 2.05) is 18.2 Å². The molecule has 0 unspecified atom stereocenters. The molecule has 25 heteroatoms. The molecule has 8 amide bonds. The number of nitrogens with zero attached hydrogens (tertiary/aromatic N) is 1. The van der Waals surface area contributed by atoms with Gasteiger partial charge in [0.05, 0.1) is 18.6 Å². The third-order valence-corrected chi connectivity index (χ3v) is 14.1. The molecule has 436 valence electrons. The molecule has 0 bridgehead atoms. The zero-order valence-corrected chi connectivity index (χ0v) is 45.9. The van der Waals surface area contributed by atoms with Crippen LogP contribution < -0.4 is 53.2 Å². The number of para-hydroxylation sites is 2. The van der Waals surface area contributed by atoms with E-state index in [2.05, 4.69) is 52.9 Å². The maximum atomic E-state index is 14.8. The van der Waals surface area contributed by atoms with Gasteiger partial charge in [-0.2, -0.15) is 0 Å². The number of H-pyrrole nitrogens is 2. The van der Waals surface area contributed by atoms with Crippen molar-refractivity contribution in [3.8, 4) is 0 Å². The number of carboxylic acid groups (broad SMARTS) is 2. The van der Waals surface area contributed by atoms with Crippen molar-refractivity contribution >= 4 is 81.0 Å². The van der Waals surface area contributed by atoms with Crippen LogP contribution in [-0.4, -0.2) is 158 Å². The lowest BCUT2D eigenvalue weighted by Gasteiger charge is -2.29. The molecule has 2 aromatic heterocycles. The highest BCUT2D eigenvalue weighted by Crippen LogP contribution is 2.23. The summed E-state index contributed by atoms with van der Waals surface area (Å²) in [5, 5.41) is 63.3. The van der Waals surface area contributed by atoms with Crippen LogP contribution in [0.4, 0.5) is 0 Å². The molecule has 5 rings (SSSR count). The van der Waals surface area contributed by atoms with Gasteiger partial charge in [0.1, 0.15) is 48.9 Å². The average molecular weight is 1120 g/mol. The number of rotatable bonds is 30. The van der Waals surface area contributed by atoms with Gasteiger partial charge < -0.3 is 87.8 Å². The van der Waals surface area contributed by atoms with Gasteiger partial charge in [0.2, 0.25) is 41.4 Å². The first-order valence-electron chi connectivity index (χ1n) is 26.9. The van der Waals surface area contributed by atoms with E-state index >= 15 is 0 Å². The van der Waals surface area contributed by atoms with Crippen molar-refractivity contribution < 1.29 is 74.1 Å². The fourth-order valence-electron chi connectivity index (χ4n) is 9.60. The molecule has 80 heavy (non-hydrogen) atoms. The van der Waals surface area contributed by atoms with Crippen LogP contribution in [-0.2, 0) is 60.8 Å². The van der Waals surface area contributed by atoms with Crippen LogP contribution in [0.2, 0.25) is 0 Å². The number of carbonyl (C=O) groups excluding carboxylic acids is 10. The SMILES string of the molecule is CC[C@H](C)[C@H](NC(=O)[C@H](Cc1c[nH]c2ccccc12)NC(=O)[C@H](Cc1c[nH]c2ccccc12)NC(=O)[C@H](CC(C)C)NC(=O)[C@H](CO)NC(=O)[C@H](CC(=O)[O-])NC(=O)[C@H](CC(C)C)NC(=O)[C@@H]1CCCN1C(=O)[C@@H]([NH3+])CO)C(=O)[O-]. The first-order chi connectivity index (χ1) is 38.0. The molecule has 0 saturated carbocycles. The smallest absolute Gasteiger partial charge is 0.283 e. The predicted molar refractivity (Wildman–Crippen MR) is 286 cm³/mol. The third kappa shape index (κ3) is 17.1. The Balaban J connectivity index is 1.38. The second-order valence-electron chi connectivity index (χ2n) is 21.3. The first kappa shape index (κ1) is 62.9. The van der Waals surface area contributed by atoms with Crippen LogP contribution in [0.5, 0.6) is 0 Å². The summed E-state index contributed by atoms with van der Waals surface area (Å²) < 4.78 is 0. The summed E-state index contributed by atoms with van der Waals surface area (Å²) in [5.41, 5.74) is 6.25. The van der Waals surface area contributed by atoms with E-state index in [0.29, 0.717) is 34.9 Å². The highest BCUT2D eigenvalue weighted by molar-refractivity contribution is 5.99. The van der Waals surface area contributed by atoms with Gasteiger partial charge in [-0.05, 0) is 66.7 Å². The maximum Gasteiger partial charge on any atom is 0.283 e. The van der Waals surface area contributed by atoms with Crippen LogP contribution in [0.15, 0.2) is 60.9 Å². The highest BCUT2D eigenvalue weighted by Gasteiger charge is 2.40. The number of carbonyl (C=O) groups is 10. The molecule has 1 aliphatic rings. The molecule has 0 radical (unpaired) electrons. The van der Waals surface area contributed by atoms with E-state index in [0.717, 1.165) is 10.9 Å². The lowest BCUT2D eigenvalue weighted by atomic mass is 9.97. The van der Waals surface area contributed by atoms with Crippen LogP contribution in [0.25, 0.3) is 21.8 Å². The first-order valence-corrected chi connectivity index (χ1v) is 26.9. The molecule has 1 aliphatic heterocycles. The number of aromatic nitrogens is 2. The summed E-state index contributed by atoms with van der Waals surface area (Å²) in [6, 6.07) is 1.51. The van der Waals surface area contributed by atoms with Gasteiger partial charge in [-0.25, -0.2) is 0 Å². The van der Waals surface area contributed by atoms with Crippen molar-refractivity contribution in [3.63, 3.8) is 0 Å². The summed E-state index contributed by atoms with van der Waals surface area (Å²) in [6.45, 7) is 8.89. The Kier molecular flexibility index (Phi) is 23.1. The Labute approximate surface area is 462 Å². The largest absolute Gasteiger partial charge is 0.550 e.